The number of amides is 1. The number of hydrogen-bond donors (Lipinski definition) is 2. The van der Waals surface area contributed by atoms with Crippen LogP contribution >= 0.6 is 0 Å². The largest absolute Gasteiger partial charge is 0.318 e. The van der Waals surface area contributed by atoms with E-state index in [0.29, 0.717) is 17.8 Å². The Morgan fingerprint density at radius 3 is 2.17 bits per heavy atom. The average Bonchev–Trinajstić information content (AvgIpc) is 3.03. The van der Waals surface area contributed by atoms with Crippen molar-refractivity contribution in [2.75, 3.05) is 11.4 Å². The lowest BCUT2D eigenvalue weighted by atomic mass is 9.85. The van der Waals surface area contributed by atoms with Crippen LogP contribution in [0, 0.1) is 29.1 Å². The molecule has 0 bridgehead atoms. The van der Waals surface area contributed by atoms with Crippen LogP contribution in [0.15, 0.2) is 58.5 Å². The van der Waals surface area contributed by atoms with Gasteiger partial charge in [0.15, 0.2) is 34.3 Å². The predicted octanol–water partition coefficient (Wildman–Crippen LogP) is 6.48. The number of halogens is 5. The fraction of sp³-hybridized carbons (Fsp3) is 0.364. The normalized spacial score (nSPS) is 16.8. The molecule has 2 atom stereocenters. The third-order valence-corrected chi connectivity index (χ3v) is 9.06. The topological polar surface area (TPSA) is 105 Å². The summed E-state index contributed by atoms with van der Waals surface area (Å²) >= 11 is -3.28. The molecule has 252 valence electrons. The Kier molecular flexibility index (Phi) is 11.6. The van der Waals surface area contributed by atoms with Crippen LogP contribution in [-0.2, 0) is 29.5 Å². The molecule has 6 rings (SSSR count). The summed E-state index contributed by atoms with van der Waals surface area (Å²) in [6.07, 6.45) is 11.0. The van der Waals surface area contributed by atoms with Gasteiger partial charge in [0.05, 0.1) is 18.3 Å². The van der Waals surface area contributed by atoms with E-state index in [0.717, 1.165) is 29.7 Å². The Morgan fingerprint density at radius 1 is 0.979 bits per heavy atom. The van der Waals surface area contributed by atoms with Gasteiger partial charge in [-0.05, 0) is 73.0 Å². The number of nitrogens with zero attached hydrogens (tertiary/aromatic N) is 3. The third-order valence-electron chi connectivity index (χ3n) is 8.35. The Labute approximate surface area is 270 Å². The number of benzene rings is 2. The van der Waals surface area contributed by atoms with Gasteiger partial charge >= 0.3 is 0 Å². The molecule has 14 heteroatoms. The van der Waals surface area contributed by atoms with Gasteiger partial charge in [-0.25, -0.2) is 26.2 Å². The molecule has 2 aromatic carbocycles. The molecule has 2 N–H and O–H groups in total. The van der Waals surface area contributed by atoms with Crippen molar-refractivity contribution < 1.29 is 35.5 Å². The first-order valence-electron chi connectivity index (χ1n) is 14.7. The fourth-order valence-corrected chi connectivity index (χ4v) is 6.08. The zero-order valence-electron chi connectivity index (χ0n) is 24.7. The maximum Gasteiger partial charge on any atom is 0.258 e. The summed E-state index contributed by atoms with van der Waals surface area (Å²) < 4.78 is 82.3. The molecule has 1 aliphatic carbocycles. The molecular weight excluding hydrogens is 643 g/mol. The second-order valence-electron chi connectivity index (χ2n) is 11.3. The van der Waals surface area contributed by atoms with Gasteiger partial charge in [0, 0.05) is 30.5 Å². The molecule has 47 heavy (non-hydrogen) atoms. The monoisotopic (exact) mass is 678 g/mol. The summed E-state index contributed by atoms with van der Waals surface area (Å²) in [6.45, 7) is 1.28. The van der Waals surface area contributed by atoms with Gasteiger partial charge < -0.3 is 19.3 Å². The number of carbonyl (C=O) groups is 1. The van der Waals surface area contributed by atoms with E-state index in [2.05, 4.69) is 17.4 Å². The molecule has 8 nitrogen and oxygen atoms in total. The molecule has 1 aliphatic heterocycles. The minimum atomic E-state index is -3.28. The van der Waals surface area contributed by atoms with E-state index in [9.17, 15) is 35.8 Å². The van der Waals surface area contributed by atoms with E-state index in [-0.39, 0.29) is 24.9 Å². The van der Waals surface area contributed by atoms with Crippen LogP contribution in [0.25, 0.3) is 10.8 Å². The van der Waals surface area contributed by atoms with E-state index >= 15 is 0 Å². The zero-order valence-corrected chi connectivity index (χ0v) is 25.6. The highest BCUT2D eigenvalue weighted by Crippen LogP contribution is 2.32. The van der Waals surface area contributed by atoms with E-state index < -0.39 is 45.1 Å². The number of pyridine rings is 2. The van der Waals surface area contributed by atoms with Crippen LogP contribution in [0.5, 0.6) is 0 Å². The standard InChI is InChI=1S/C26H30N4O2.C6HF5O2S.CH4/c1-29-14-12-19-15-22(9-10-23(19)25(29)31)30(26(32)24-11-13-27-24)17-21-8-7-20(16-28-21)18-5-3-2-4-6-18;7-1-2(8)4(10)6(14(12)13)5(11)3(1)9;/h7-10,12,14-16,18,24,27H,2-6,11,13,17H2,1H3;(H,12,13);1H4/t24-;;/m1../s1. The SMILES string of the molecule is C.Cn1ccc2cc(N(Cc3ccc(C4CCCCC4)cn3)C(=O)[C@H]3CCN3)ccc2c1=O.O=S(O)c1c(F)c(F)c(F)c(F)c1F. The molecule has 4 aromatic rings. The first kappa shape index (κ1) is 35.8. The molecule has 0 radical (unpaired) electrons. The van der Waals surface area contributed by atoms with Crippen molar-refractivity contribution >= 4 is 33.4 Å². The molecular formula is C33H35F5N4O4S. The minimum absolute atomic E-state index is 0. The lowest BCUT2D eigenvalue weighted by Crippen LogP contribution is -2.54. The van der Waals surface area contributed by atoms with Crippen molar-refractivity contribution in [3.05, 3.63) is 99.5 Å². The van der Waals surface area contributed by atoms with E-state index in [4.69, 9.17) is 9.54 Å². The highest BCUT2D eigenvalue weighted by Gasteiger charge is 2.31. The van der Waals surface area contributed by atoms with Crippen molar-refractivity contribution in [3.8, 4) is 0 Å². The van der Waals surface area contributed by atoms with E-state index in [1.54, 1.807) is 22.7 Å². The number of anilines is 1. The van der Waals surface area contributed by atoms with Crippen molar-refractivity contribution in [2.24, 2.45) is 7.05 Å². The summed E-state index contributed by atoms with van der Waals surface area (Å²) in [5, 5.41) is 4.72. The van der Waals surface area contributed by atoms with Crippen LogP contribution < -0.4 is 15.8 Å². The molecule has 3 heterocycles. The lowest BCUT2D eigenvalue weighted by molar-refractivity contribution is -0.122. The van der Waals surface area contributed by atoms with Gasteiger partial charge in [-0.15, -0.1) is 0 Å². The van der Waals surface area contributed by atoms with E-state index in [1.807, 2.05) is 30.5 Å². The maximum atomic E-state index is 13.3. The molecule has 2 aliphatic rings. The van der Waals surface area contributed by atoms with Gasteiger partial charge in [0.25, 0.3) is 5.56 Å². The Bertz CT molecular complexity index is 1820. The number of rotatable bonds is 6. The van der Waals surface area contributed by atoms with Gasteiger partial charge in [-0.3, -0.25) is 14.6 Å². The van der Waals surface area contributed by atoms with Crippen molar-refractivity contribution in [3.63, 3.8) is 0 Å². The molecule has 0 spiro atoms. The number of aromatic nitrogens is 2. The Balaban J connectivity index is 0.000000282. The van der Waals surface area contributed by atoms with Gasteiger partial charge in [0.2, 0.25) is 11.7 Å². The predicted molar refractivity (Wildman–Crippen MR) is 169 cm³/mol. The van der Waals surface area contributed by atoms with Gasteiger partial charge in [0.1, 0.15) is 4.90 Å². The smallest absolute Gasteiger partial charge is 0.258 e. The maximum absolute atomic E-state index is 13.3. The van der Waals surface area contributed by atoms with Crippen molar-refractivity contribution in [2.45, 2.75) is 69.4 Å². The third kappa shape index (κ3) is 7.60. The minimum Gasteiger partial charge on any atom is -0.318 e. The Hall–Kier alpha value is -4.01. The second-order valence-corrected chi connectivity index (χ2v) is 12.2. The summed E-state index contributed by atoms with van der Waals surface area (Å²) in [5.74, 6) is -10.8. The molecule has 1 unspecified atom stereocenters. The van der Waals surface area contributed by atoms with Crippen LogP contribution in [0.4, 0.5) is 27.6 Å². The number of fused-ring (bicyclic) bond motifs is 1. The lowest BCUT2D eigenvalue weighted by Gasteiger charge is -2.33. The number of aryl methyl sites for hydroxylation is 1. The highest BCUT2D eigenvalue weighted by molar-refractivity contribution is 7.79. The second kappa shape index (κ2) is 15.3. The number of nitrogens with one attached hydrogen (secondary N) is 1. The Morgan fingerprint density at radius 2 is 1.62 bits per heavy atom. The molecule has 2 fully saturated rings. The van der Waals surface area contributed by atoms with Crippen LogP contribution in [0.3, 0.4) is 0 Å². The summed E-state index contributed by atoms with van der Waals surface area (Å²) in [6, 6.07) is 11.6. The van der Waals surface area contributed by atoms with Gasteiger partial charge in [-0.2, -0.15) is 0 Å². The van der Waals surface area contributed by atoms with E-state index in [1.165, 1.54) is 37.7 Å². The first-order valence-corrected chi connectivity index (χ1v) is 15.8. The number of carbonyl (C=O) groups excluding carboxylic acids is 1. The first-order chi connectivity index (χ1) is 22.0. The zero-order chi connectivity index (χ0) is 33.1. The molecule has 1 saturated carbocycles. The summed E-state index contributed by atoms with van der Waals surface area (Å²) in [7, 11) is 1.75. The van der Waals surface area contributed by atoms with Gasteiger partial charge in [-0.1, -0.05) is 32.8 Å². The average molecular weight is 679 g/mol. The molecule has 2 aromatic heterocycles. The van der Waals surface area contributed by atoms with Crippen molar-refractivity contribution in [1.29, 1.82) is 0 Å². The fourth-order valence-electron chi connectivity index (χ4n) is 5.59. The van der Waals surface area contributed by atoms with Crippen LogP contribution in [0.1, 0.15) is 63.1 Å². The van der Waals surface area contributed by atoms with Crippen molar-refractivity contribution in [1.82, 2.24) is 14.9 Å². The molecule has 1 amide bonds. The molecule has 1 saturated heterocycles. The quantitative estimate of drug-likeness (QED) is 0.105. The summed E-state index contributed by atoms with van der Waals surface area (Å²) in [5.41, 5.74) is 2.95. The summed E-state index contributed by atoms with van der Waals surface area (Å²) in [4.78, 5) is 30.5. The van der Waals surface area contributed by atoms with Crippen LogP contribution in [-0.4, -0.2) is 36.8 Å². The van der Waals surface area contributed by atoms with Crippen LogP contribution in [0.2, 0.25) is 0 Å². The number of hydrogen-bond acceptors (Lipinski definition) is 5. The highest BCUT2D eigenvalue weighted by atomic mass is 32.2.